The summed E-state index contributed by atoms with van der Waals surface area (Å²) in [5, 5.41) is 7.31. The summed E-state index contributed by atoms with van der Waals surface area (Å²) in [4.78, 5) is 5.12. The van der Waals surface area contributed by atoms with Crippen LogP contribution in [-0.4, -0.2) is 54.4 Å². The predicted molar refractivity (Wildman–Crippen MR) is 71.4 cm³/mol. The molecule has 1 saturated carbocycles. The highest BCUT2D eigenvalue weighted by molar-refractivity contribution is 5.76. The molecule has 4 nitrogen and oxygen atoms in total. The molecule has 0 radical (unpaired) electrons. The summed E-state index contributed by atoms with van der Waals surface area (Å²) in [6.45, 7) is 6.03. The third kappa shape index (κ3) is 4.64. The van der Waals surface area contributed by atoms with E-state index < -0.39 is 0 Å². The molecule has 2 aliphatic rings. The van der Waals surface area contributed by atoms with Crippen LogP contribution in [0.15, 0.2) is 0 Å². The van der Waals surface area contributed by atoms with Crippen molar-refractivity contribution in [2.45, 2.75) is 44.6 Å². The molecular weight excluding hydrogens is 212 g/mol. The molecule has 1 heterocycles. The Morgan fingerprint density at radius 1 is 1.24 bits per heavy atom. The number of nitrogens with two attached hydrogens (primary N) is 1. The van der Waals surface area contributed by atoms with Crippen LogP contribution in [0.2, 0.25) is 0 Å². The average Bonchev–Trinajstić information content (AvgIpc) is 3.00. The minimum absolute atomic E-state index is 0.329. The minimum atomic E-state index is 0.329. The first-order chi connectivity index (χ1) is 8.25. The zero-order valence-corrected chi connectivity index (χ0v) is 10.8. The molecule has 1 saturated heterocycles. The third-order valence-corrected chi connectivity index (χ3v) is 3.85. The number of nitrogens with one attached hydrogen (secondary N) is 1. The number of hydrogen-bond acceptors (Lipinski definition) is 3. The normalized spacial score (nSPS) is 21.2. The van der Waals surface area contributed by atoms with Gasteiger partial charge in [0.05, 0.1) is 5.84 Å². The van der Waals surface area contributed by atoms with Crippen molar-refractivity contribution >= 4 is 5.84 Å². The van der Waals surface area contributed by atoms with Gasteiger partial charge in [-0.2, -0.15) is 0 Å². The quantitative estimate of drug-likeness (QED) is 0.494. The van der Waals surface area contributed by atoms with Gasteiger partial charge in [0.1, 0.15) is 0 Å². The van der Waals surface area contributed by atoms with Crippen molar-refractivity contribution in [1.82, 2.24) is 9.80 Å². The van der Waals surface area contributed by atoms with E-state index in [0.717, 1.165) is 19.0 Å². The van der Waals surface area contributed by atoms with Gasteiger partial charge in [0, 0.05) is 19.0 Å². The molecule has 4 heteroatoms. The van der Waals surface area contributed by atoms with Crippen molar-refractivity contribution in [2.24, 2.45) is 5.73 Å². The summed E-state index contributed by atoms with van der Waals surface area (Å²) < 4.78 is 0. The van der Waals surface area contributed by atoms with E-state index in [1.54, 1.807) is 0 Å². The average molecular weight is 238 g/mol. The van der Waals surface area contributed by atoms with E-state index in [0.29, 0.717) is 5.84 Å². The summed E-state index contributed by atoms with van der Waals surface area (Å²) in [5.74, 6) is 0.329. The predicted octanol–water partition coefficient (Wildman–Crippen LogP) is 1.26. The fourth-order valence-corrected chi connectivity index (χ4v) is 2.68. The summed E-state index contributed by atoms with van der Waals surface area (Å²) in [5.41, 5.74) is 5.44. The molecule has 1 aliphatic heterocycles. The first-order valence-electron chi connectivity index (χ1n) is 7.05. The Balaban J connectivity index is 1.61. The van der Waals surface area contributed by atoms with Gasteiger partial charge in [-0.15, -0.1) is 0 Å². The van der Waals surface area contributed by atoms with Gasteiger partial charge in [0.15, 0.2) is 0 Å². The van der Waals surface area contributed by atoms with Crippen LogP contribution in [0.4, 0.5) is 0 Å². The van der Waals surface area contributed by atoms with Crippen LogP contribution in [-0.2, 0) is 0 Å². The maximum absolute atomic E-state index is 7.31. The van der Waals surface area contributed by atoms with E-state index in [1.807, 2.05) is 0 Å². The van der Waals surface area contributed by atoms with Crippen molar-refractivity contribution < 1.29 is 0 Å². The van der Waals surface area contributed by atoms with E-state index in [1.165, 1.54) is 58.3 Å². The van der Waals surface area contributed by atoms with Gasteiger partial charge in [-0.25, -0.2) is 0 Å². The topological polar surface area (TPSA) is 56.4 Å². The van der Waals surface area contributed by atoms with Crippen LogP contribution in [0, 0.1) is 5.41 Å². The van der Waals surface area contributed by atoms with Crippen LogP contribution in [0.1, 0.15) is 38.5 Å². The van der Waals surface area contributed by atoms with Gasteiger partial charge in [-0.3, -0.25) is 10.3 Å². The highest BCUT2D eigenvalue weighted by Crippen LogP contribution is 2.27. The Morgan fingerprint density at radius 3 is 2.53 bits per heavy atom. The van der Waals surface area contributed by atoms with Crippen molar-refractivity contribution in [1.29, 1.82) is 5.41 Å². The molecule has 0 atom stereocenters. The van der Waals surface area contributed by atoms with E-state index in [4.69, 9.17) is 11.1 Å². The SMILES string of the molecule is N=C(N)CCN(CCCN1CCCC1)C1CC1. The molecule has 0 aromatic rings. The maximum Gasteiger partial charge on any atom is 0.0918 e. The zero-order valence-electron chi connectivity index (χ0n) is 10.8. The third-order valence-electron chi connectivity index (χ3n) is 3.85. The van der Waals surface area contributed by atoms with Crippen LogP contribution >= 0.6 is 0 Å². The van der Waals surface area contributed by atoms with Crippen molar-refractivity contribution in [2.75, 3.05) is 32.7 Å². The Morgan fingerprint density at radius 2 is 1.94 bits per heavy atom. The Bertz CT molecular complexity index is 244. The lowest BCUT2D eigenvalue weighted by Crippen LogP contribution is -2.33. The second kappa shape index (κ2) is 6.36. The monoisotopic (exact) mass is 238 g/mol. The molecule has 0 unspecified atom stereocenters. The number of amidine groups is 1. The van der Waals surface area contributed by atoms with Crippen molar-refractivity contribution in [3.05, 3.63) is 0 Å². The minimum Gasteiger partial charge on any atom is -0.388 e. The van der Waals surface area contributed by atoms with Gasteiger partial charge in [-0.1, -0.05) is 0 Å². The summed E-state index contributed by atoms with van der Waals surface area (Å²) in [6.07, 6.45) is 7.48. The molecule has 0 aromatic heterocycles. The van der Waals surface area contributed by atoms with Gasteiger partial charge in [0.25, 0.3) is 0 Å². The summed E-state index contributed by atoms with van der Waals surface area (Å²) in [6, 6.07) is 0.799. The van der Waals surface area contributed by atoms with Gasteiger partial charge in [-0.05, 0) is 58.3 Å². The molecule has 1 aliphatic carbocycles. The lowest BCUT2D eigenvalue weighted by Gasteiger charge is -2.23. The maximum atomic E-state index is 7.31. The molecule has 98 valence electrons. The number of nitrogens with zero attached hydrogens (tertiary/aromatic N) is 2. The molecule has 3 N–H and O–H groups in total. The zero-order chi connectivity index (χ0) is 12.1. The molecule has 0 spiro atoms. The summed E-state index contributed by atoms with van der Waals surface area (Å²) >= 11 is 0. The van der Waals surface area contributed by atoms with Crippen molar-refractivity contribution in [3.8, 4) is 0 Å². The number of rotatable bonds is 8. The van der Waals surface area contributed by atoms with Gasteiger partial charge >= 0.3 is 0 Å². The Kier molecular flexibility index (Phi) is 4.80. The second-order valence-corrected chi connectivity index (χ2v) is 5.44. The standard InChI is InChI=1S/C13H26N4/c14-13(15)6-11-17(12-4-5-12)10-3-9-16-7-1-2-8-16/h12H,1-11H2,(H3,14,15). The fourth-order valence-electron chi connectivity index (χ4n) is 2.68. The second-order valence-electron chi connectivity index (χ2n) is 5.44. The molecule has 0 aromatic carbocycles. The Hall–Kier alpha value is -0.610. The van der Waals surface area contributed by atoms with E-state index >= 15 is 0 Å². The lowest BCUT2D eigenvalue weighted by molar-refractivity contribution is 0.242. The number of hydrogen-bond donors (Lipinski definition) is 2. The van der Waals surface area contributed by atoms with E-state index in [2.05, 4.69) is 9.80 Å². The Labute approximate surface area is 105 Å². The molecule has 2 rings (SSSR count). The first kappa shape index (κ1) is 12.8. The molecule has 0 bridgehead atoms. The fraction of sp³-hybridized carbons (Fsp3) is 0.923. The molecular formula is C13H26N4. The highest BCUT2D eigenvalue weighted by Gasteiger charge is 2.28. The summed E-state index contributed by atoms with van der Waals surface area (Å²) in [7, 11) is 0. The molecule has 0 amide bonds. The van der Waals surface area contributed by atoms with Gasteiger partial charge < -0.3 is 10.6 Å². The molecule has 17 heavy (non-hydrogen) atoms. The largest absolute Gasteiger partial charge is 0.388 e. The van der Waals surface area contributed by atoms with E-state index in [-0.39, 0.29) is 0 Å². The number of likely N-dealkylation sites (tertiary alicyclic amines) is 1. The van der Waals surface area contributed by atoms with E-state index in [9.17, 15) is 0 Å². The first-order valence-corrected chi connectivity index (χ1v) is 7.05. The lowest BCUT2D eigenvalue weighted by atomic mass is 10.3. The van der Waals surface area contributed by atoms with Crippen LogP contribution in [0.25, 0.3) is 0 Å². The van der Waals surface area contributed by atoms with Crippen LogP contribution in [0.5, 0.6) is 0 Å². The highest BCUT2D eigenvalue weighted by atomic mass is 15.2. The van der Waals surface area contributed by atoms with Crippen molar-refractivity contribution in [3.63, 3.8) is 0 Å². The van der Waals surface area contributed by atoms with Crippen LogP contribution in [0.3, 0.4) is 0 Å². The van der Waals surface area contributed by atoms with Gasteiger partial charge in [0.2, 0.25) is 0 Å². The smallest absolute Gasteiger partial charge is 0.0918 e. The van der Waals surface area contributed by atoms with Crippen LogP contribution < -0.4 is 5.73 Å². The molecule has 2 fully saturated rings.